The van der Waals surface area contributed by atoms with E-state index in [0.717, 1.165) is 38.7 Å². The normalized spacial score (nSPS) is 10.8. The van der Waals surface area contributed by atoms with Gasteiger partial charge in [-0.05, 0) is 55.7 Å². The molecule has 0 aliphatic heterocycles. The number of hydrogen-bond donors (Lipinski definition) is 0. The van der Waals surface area contributed by atoms with E-state index in [2.05, 4.69) is 43.5 Å². The zero-order chi connectivity index (χ0) is 18.8. The van der Waals surface area contributed by atoms with Gasteiger partial charge in [-0.1, -0.05) is 25.1 Å². The Morgan fingerprint density at radius 2 is 1.69 bits per heavy atom. The van der Waals surface area contributed by atoms with Gasteiger partial charge < -0.3 is 9.47 Å². The maximum atomic E-state index is 5.69. The maximum Gasteiger partial charge on any atom is 0.166 e. The third kappa shape index (κ3) is 3.29. The highest BCUT2D eigenvalue weighted by molar-refractivity contribution is 7.73. The van der Waals surface area contributed by atoms with Crippen LogP contribution in [0.3, 0.4) is 0 Å². The van der Waals surface area contributed by atoms with Crippen molar-refractivity contribution in [1.82, 2.24) is 4.57 Å². The molecule has 1 aromatic heterocycles. The Hall–Kier alpha value is -2.11. The molecule has 0 saturated heterocycles. The van der Waals surface area contributed by atoms with Crippen molar-refractivity contribution in [3.8, 4) is 28.3 Å². The molecule has 3 nitrogen and oxygen atoms in total. The van der Waals surface area contributed by atoms with E-state index in [0.29, 0.717) is 0 Å². The van der Waals surface area contributed by atoms with Crippen molar-refractivity contribution in [2.24, 2.45) is 0 Å². The first-order valence-electron chi connectivity index (χ1n) is 8.54. The lowest BCUT2D eigenvalue weighted by Crippen LogP contribution is -2.04. The molecule has 0 saturated carbocycles. The Morgan fingerprint density at radius 1 is 1.04 bits per heavy atom. The average Bonchev–Trinajstić information content (AvgIpc) is 2.92. The number of aryl methyl sites for hydroxylation is 2. The van der Waals surface area contributed by atoms with Crippen LogP contribution in [0.5, 0.6) is 11.5 Å². The van der Waals surface area contributed by atoms with Crippen molar-refractivity contribution < 1.29 is 9.47 Å². The van der Waals surface area contributed by atoms with Crippen LogP contribution in [-0.4, -0.2) is 18.8 Å². The van der Waals surface area contributed by atoms with Crippen molar-refractivity contribution in [1.29, 1.82) is 0 Å². The summed E-state index contributed by atoms with van der Waals surface area (Å²) in [5.41, 5.74) is 5.78. The lowest BCUT2D eigenvalue weighted by Gasteiger charge is -2.18. The summed E-state index contributed by atoms with van der Waals surface area (Å²) in [6, 6.07) is 12.4. The molecule has 0 aliphatic carbocycles. The third-order valence-corrected chi connectivity index (χ3v) is 6.05. The molecule has 0 bridgehead atoms. The topological polar surface area (TPSA) is 23.4 Å². The molecule has 2 aromatic carbocycles. The van der Waals surface area contributed by atoms with E-state index in [4.69, 9.17) is 21.7 Å². The second-order valence-corrected chi connectivity index (χ2v) is 7.96. The van der Waals surface area contributed by atoms with E-state index in [1.54, 1.807) is 25.6 Å². The summed E-state index contributed by atoms with van der Waals surface area (Å²) in [6.45, 7) is 6.42. The lowest BCUT2D eigenvalue weighted by molar-refractivity contribution is 0.394. The highest BCUT2D eigenvalue weighted by Crippen LogP contribution is 2.37. The molecular formula is C21H23NO2S2. The van der Waals surface area contributed by atoms with Crippen molar-refractivity contribution in [2.75, 3.05) is 14.2 Å². The molecule has 0 spiro atoms. The molecule has 3 rings (SSSR count). The highest BCUT2D eigenvalue weighted by atomic mass is 32.1. The minimum absolute atomic E-state index is 0.772. The SMILES string of the molecule is CCc1cccc(-c2cc(OC)cc(OC)c2)c1-n1c(C)c(C)sc1=S. The van der Waals surface area contributed by atoms with Gasteiger partial charge in [-0.15, -0.1) is 11.3 Å². The zero-order valence-corrected chi connectivity index (χ0v) is 17.4. The first-order valence-corrected chi connectivity index (χ1v) is 9.77. The fourth-order valence-corrected chi connectivity index (χ4v) is 4.56. The number of rotatable bonds is 5. The number of ether oxygens (including phenoxy) is 2. The number of aromatic nitrogens is 1. The first-order chi connectivity index (χ1) is 12.5. The molecule has 5 heteroatoms. The second-order valence-electron chi connectivity index (χ2n) is 6.11. The Bertz CT molecular complexity index is 979. The van der Waals surface area contributed by atoms with Crippen molar-refractivity contribution in [3.05, 3.63) is 56.5 Å². The number of nitrogens with zero attached hydrogens (tertiary/aromatic N) is 1. The second kappa shape index (κ2) is 7.64. The molecule has 26 heavy (non-hydrogen) atoms. The molecule has 0 radical (unpaired) electrons. The molecule has 136 valence electrons. The number of methoxy groups -OCH3 is 2. The molecule has 0 fully saturated rings. The molecule has 3 aromatic rings. The van der Waals surface area contributed by atoms with Crippen LogP contribution in [0, 0.1) is 17.8 Å². The summed E-state index contributed by atoms with van der Waals surface area (Å²) in [5.74, 6) is 1.54. The van der Waals surface area contributed by atoms with Crippen molar-refractivity contribution >= 4 is 23.6 Å². The van der Waals surface area contributed by atoms with Crippen LogP contribution >= 0.6 is 23.6 Å². The largest absolute Gasteiger partial charge is 0.497 e. The van der Waals surface area contributed by atoms with Crippen LogP contribution in [0.15, 0.2) is 36.4 Å². The Balaban J connectivity index is 2.36. The number of benzene rings is 2. The first kappa shape index (κ1) is 18.7. The highest BCUT2D eigenvalue weighted by Gasteiger charge is 2.17. The minimum atomic E-state index is 0.772. The zero-order valence-electron chi connectivity index (χ0n) is 15.8. The number of thiazole rings is 1. The molecule has 1 heterocycles. The molecular weight excluding hydrogens is 362 g/mol. The summed E-state index contributed by atoms with van der Waals surface area (Å²) >= 11 is 7.35. The van der Waals surface area contributed by atoms with E-state index in [1.807, 2.05) is 18.2 Å². The maximum absolute atomic E-state index is 5.69. The molecule has 0 unspecified atom stereocenters. The summed E-state index contributed by atoms with van der Waals surface area (Å²) in [4.78, 5) is 1.25. The van der Waals surface area contributed by atoms with Gasteiger partial charge in [-0.25, -0.2) is 0 Å². The van der Waals surface area contributed by atoms with Gasteiger partial charge in [-0.2, -0.15) is 0 Å². The van der Waals surface area contributed by atoms with Crippen LogP contribution in [0.25, 0.3) is 16.8 Å². The smallest absolute Gasteiger partial charge is 0.166 e. The summed E-state index contributed by atoms with van der Waals surface area (Å²) in [6.07, 6.45) is 0.931. The molecule has 0 atom stereocenters. The van der Waals surface area contributed by atoms with Gasteiger partial charge >= 0.3 is 0 Å². The Labute approximate surface area is 163 Å². The number of hydrogen-bond acceptors (Lipinski definition) is 4. The van der Waals surface area contributed by atoms with Gasteiger partial charge in [0.15, 0.2) is 3.95 Å². The minimum Gasteiger partial charge on any atom is -0.497 e. The van der Waals surface area contributed by atoms with Crippen LogP contribution in [0.2, 0.25) is 0 Å². The van der Waals surface area contributed by atoms with Gasteiger partial charge in [0.25, 0.3) is 0 Å². The van der Waals surface area contributed by atoms with E-state index in [9.17, 15) is 0 Å². The van der Waals surface area contributed by atoms with E-state index >= 15 is 0 Å². The lowest BCUT2D eigenvalue weighted by atomic mass is 9.98. The van der Waals surface area contributed by atoms with Crippen molar-refractivity contribution in [3.63, 3.8) is 0 Å². The molecule has 0 aliphatic rings. The van der Waals surface area contributed by atoms with E-state index in [-0.39, 0.29) is 0 Å². The van der Waals surface area contributed by atoms with Gasteiger partial charge in [0, 0.05) is 22.2 Å². The van der Waals surface area contributed by atoms with Crippen molar-refractivity contribution in [2.45, 2.75) is 27.2 Å². The fraction of sp³-hybridized carbons (Fsp3) is 0.286. The standard InChI is InChI=1S/C21H23NO2S2/c1-6-15-8-7-9-19(16-10-17(23-4)12-18(11-16)24-5)20(15)22-13(2)14(3)26-21(22)25/h7-12H,6H2,1-5H3. The van der Waals surface area contributed by atoms with Crippen LogP contribution in [0.4, 0.5) is 0 Å². The summed E-state index contributed by atoms with van der Waals surface area (Å²) in [5, 5.41) is 0. The average molecular weight is 386 g/mol. The molecule has 0 N–H and O–H groups in total. The van der Waals surface area contributed by atoms with Gasteiger partial charge in [-0.3, -0.25) is 4.57 Å². The van der Waals surface area contributed by atoms with Crippen LogP contribution in [0.1, 0.15) is 23.1 Å². The predicted octanol–water partition coefficient (Wildman–Crippen LogP) is 6.13. The number of para-hydroxylation sites is 1. The van der Waals surface area contributed by atoms with E-state index < -0.39 is 0 Å². The van der Waals surface area contributed by atoms with Crippen LogP contribution in [-0.2, 0) is 6.42 Å². The fourth-order valence-electron chi connectivity index (χ4n) is 3.14. The van der Waals surface area contributed by atoms with Crippen LogP contribution < -0.4 is 9.47 Å². The summed E-state index contributed by atoms with van der Waals surface area (Å²) < 4.78 is 14.0. The van der Waals surface area contributed by atoms with E-state index in [1.165, 1.54) is 16.1 Å². The molecule has 0 amide bonds. The third-order valence-electron chi connectivity index (χ3n) is 4.65. The van der Waals surface area contributed by atoms with Gasteiger partial charge in [0.1, 0.15) is 11.5 Å². The van der Waals surface area contributed by atoms with Gasteiger partial charge in [0.2, 0.25) is 0 Å². The Kier molecular flexibility index (Phi) is 5.49. The predicted molar refractivity (Wildman–Crippen MR) is 112 cm³/mol. The quantitative estimate of drug-likeness (QED) is 0.493. The Morgan fingerprint density at radius 3 is 2.19 bits per heavy atom. The summed E-state index contributed by atoms with van der Waals surface area (Å²) in [7, 11) is 3.34. The monoisotopic (exact) mass is 385 g/mol. The van der Waals surface area contributed by atoms with Gasteiger partial charge in [0.05, 0.1) is 19.9 Å².